The van der Waals surface area contributed by atoms with Gasteiger partial charge < -0.3 is 10.0 Å². The van der Waals surface area contributed by atoms with E-state index in [2.05, 4.69) is 44.7 Å². The van der Waals surface area contributed by atoms with Gasteiger partial charge in [0.15, 0.2) is 5.82 Å². The van der Waals surface area contributed by atoms with Crippen molar-refractivity contribution in [2.24, 2.45) is 0 Å². The number of hydrogen-bond donors (Lipinski definition) is 1. The first-order valence-electron chi connectivity index (χ1n) is 10.2. The highest BCUT2D eigenvalue weighted by molar-refractivity contribution is 5.76. The quantitative estimate of drug-likeness (QED) is 0.766. The molecule has 2 aromatic rings. The zero-order chi connectivity index (χ0) is 19.3. The van der Waals surface area contributed by atoms with Gasteiger partial charge in [-0.25, -0.2) is 4.68 Å². The molecule has 28 heavy (non-hydrogen) atoms. The van der Waals surface area contributed by atoms with Crippen LogP contribution in [0.5, 0.6) is 0 Å². The number of nitrogens with zero attached hydrogens (tertiary/aromatic N) is 6. The first kappa shape index (κ1) is 19.0. The van der Waals surface area contributed by atoms with Crippen LogP contribution in [0.4, 0.5) is 0 Å². The molecule has 8 heteroatoms. The number of fused-ring (bicyclic) bond motifs is 1. The molecule has 4 rings (SSSR count). The third-order valence-corrected chi connectivity index (χ3v) is 5.85. The van der Waals surface area contributed by atoms with Crippen LogP contribution < -0.4 is 0 Å². The number of aliphatic hydroxyl groups excluding tert-OH is 1. The largest absolute Gasteiger partial charge is 0.394 e. The van der Waals surface area contributed by atoms with Crippen LogP contribution >= 0.6 is 0 Å². The summed E-state index contributed by atoms with van der Waals surface area (Å²) in [5.41, 5.74) is 2.81. The van der Waals surface area contributed by atoms with Crippen LogP contribution in [0.3, 0.4) is 0 Å². The van der Waals surface area contributed by atoms with Gasteiger partial charge in [0.05, 0.1) is 19.2 Å². The second kappa shape index (κ2) is 8.79. The highest BCUT2D eigenvalue weighted by Gasteiger charge is 2.27. The van der Waals surface area contributed by atoms with E-state index in [9.17, 15) is 9.90 Å². The third-order valence-electron chi connectivity index (χ3n) is 5.85. The fraction of sp³-hybridized carbons (Fsp3) is 0.600. The minimum atomic E-state index is -0.00178. The van der Waals surface area contributed by atoms with Crippen LogP contribution in [-0.4, -0.2) is 66.8 Å². The average molecular weight is 384 g/mol. The maximum Gasteiger partial charge on any atom is 0.222 e. The summed E-state index contributed by atoms with van der Waals surface area (Å²) in [5, 5.41) is 21.5. The van der Waals surface area contributed by atoms with E-state index in [1.807, 2.05) is 9.58 Å². The summed E-state index contributed by atoms with van der Waals surface area (Å²) in [6, 6.07) is 8.58. The molecule has 2 aliphatic heterocycles. The Morgan fingerprint density at radius 3 is 2.93 bits per heavy atom. The summed E-state index contributed by atoms with van der Waals surface area (Å²) < 4.78 is 1.82. The molecule has 1 N–H and O–H groups in total. The number of benzene rings is 1. The number of carbonyl (C=O) groups is 1. The van der Waals surface area contributed by atoms with E-state index < -0.39 is 0 Å². The van der Waals surface area contributed by atoms with Crippen molar-refractivity contribution < 1.29 is 9.90 Å². The van der Waals surface area contributed by atoms with E-state index in [1.165, 1.54) is 11.1 Å². The summed E-state index contributed by atoms with van der Waals surface area (Å²) >= 11 is 0. The lowest BCUT2D eigenvalue weighted by Gasteiger charge is -2.28. The number of rotatable bonds is 7. The van der Waals surface area contributed by atoms with Gasteiger partial charge in [0.25, 0.3) is 0 Å². The Bertz CT molecular complexity index is 807. The van der Waals surface area contributed by atoms with Crippen molar-refractivity contribution in [1.82, 2.24) is 30.0 Å². The SMILES string of the molecule is O=C(CCCn1nnnc1CN1CCc2ccccc2C1)N1CCC[C@H]1CO. The molecule has 0 spiro atoms. The lowest BCUT2D eigenvalue weighted by Crippen LogP contribution is -2.37. The summed E-state index contributed by atoms with van der Waals surface area (Å²) in [5.74, 6) is 0.972. The molecule has 0 bridgehead atoms. The van der Waals surface area contributed by atoms with Crippen molar-refractivity contribution in [1.29, 1.82) is 0 Å². The predicted octanol–water partition coefficient (Wildman–Crippen LogP) is 0.995. The Kier molecular flexibility index (Phi) is 5.97. The first-order chi connectivity index (χ1) is 13.7. The molecule has 1 aromatic carbocycles. The van der Waals surface area contributed by atoms with Gasteiger partial charge in [0.1, 0.15) is 0 Å². The summed E-state index contributed by atoms with van der Waals surface area (Å²) in [4.78, 5) is 16.6. The zero-order valence-electron chi connectivity index (χ0n) is 16.2. The van der Waals surface area contributed by atoms with Gasteiger partial charge in [-0.05, 0) is 47.2 Å². The van der Waals surface area contributed by atoms with Crippen molar-refractivity contribution in [3.05, 3.63) is 41.2 Å². The summed E-state index contributed by atoms with van der Waals surface area (Å²) in [6.07, 6.45) is 4.10. The molecule has 2 aliphatic rings. The third kappa shape index (κ3) is 4.23. The van der Waals surface area contributed by atoms with Crippen LogP contribution in [0.1, 0.15) is 42.6 Å². The molecule has 1 aromatic heterocycles. The van der Waals surface area contributed by atoms with E-state index >= 15 is 0 Å². The molecule has 3 heterocycles. The Labute approximate surface area is 165 Å². The molecule has 0 aliphatic carbocycles. The van der Waals surface area contributed by atoms with Gasteiger partial charge in [-0.2, -0.15) is 0 Å². The fourth-order valence-electron chi connectivity index (χ4n) is 4.28. The van der Waals surface area contributed by atoms with Gasteiger partial charge in [-0.1, -0.05) is 24.3 Å². The fourth-order valence-corrected chi connectivity index (χ4v) is 4.28. The maximum absolute atomic E-state index is 12.4. The van der Waals surface area contributed by atoms with Crippen molar-refractivity contribution in [3.8, 4) is 0 Å². The summed E-state index contributed by atoms with van der Waals surface area (Å²) in [7, 11) is 0. The molecule has 0 unspecified atom stereocenters. The zero-order valence-corrected chi connectivity index (χ0v) is 16.2. The van der Waals surface area contributed by atoms with Crippen molar-refractivity contribution in [2.45, 2.75) is 57.8 Å². The smallest absolute Gasteiger partial charge is 0.222 e. The Balaban J connectivity index is 1.28. The van der Waals surface area contributed by atoms with E-state index in [-0.39, 0.29) is 18.6 Å². The normalized spacial score (nSPS) is 19.8. The van der Waals surface area contributed by atoms with Crippen LogP contribution in [0.2, 0.25) is 0 Å². The minimum absolute atomic E-state index is 0.00178. The van der Waals surface area contributed by atoms with Crippen molar-refractivity contribution in [2.75, 3.05) is 19.7 Å². The number of carbonyl (C=O) groups excluding carboxylic acids is 1. The van der Waals surface area contributed by atoms with Gasteiger partial charge in [0, 0.05) is 32.6 Å². The molecule has 1 atom stereocenters. The lowest BCUT2D eigenvalue weighted by molar-refractivity contribution is -0.132. The highest BCUT2D eigenvalue weighted by Crippen LogP contribution is 2.20. The van der Waals surface area contributed by atoms with Crippen LogP contribution in [0.15, 0.2) is 24.3 Å². The number of aromatic nitrogens is 4. The van der Waals surface area contributed by atoms with Gasteiger partial charge >= 0.3 is 0 Å². The van der Waals surface area contributed by atoms with Crippen molar-refractivity contribution in [3.63, 3.8) is 0 Å². The van der Waals surface area contributed by atoms with Crippen LogP contribution in [0, 0.1) is 0 Å². The van der Waals surface area contributed by atoms with Gasteiger partial charge in [-0.3, -0.25) is 9.69 Å². The Morgan fingerprint density at radius 1 is 1.21 bits per heavy atom. The van der Waals surface area contributed by atoms with E-state index in [0.29, 0.717) is 25.9 Å². The summed E-state index contributed by atoms with van der Waals surface area (Å²) in [6.45, 7) is 4.08. The molecule has 0 radical (unpaired) electrons. The molecule has 1 saturated heterocycles. The van der Waals surface area contributed by atoms with Gasteiger partial charge in [-0.15, -0.1) is 5.10 Å². The second-order valence-electron chi connectivity index (χ2n) is 7.72. The van der Waals surface area contributed by atoms with E-state index in [1.54, 1.807) is 0 Å². The molecule has 150 valence electrons. The topological polar surface area (TPSA) is 87.4 Å². The maximum atomic E-state index is 12.4. The van der Waals surface area contributed by atoms with E-state index in [0.717, 1.165) is 44.7 Å². The van der Waals surface area contributed by atoms with E-state index in [4.69, 9.17) is 0 Å². The lowest BCUT2D eigenvalue weighted by atomic mass is 10.00. The van der Waals surface area contributed by atoms with Crippen LogP contribution in [0.25, 0.3) is 0 Å². The Morgan fingerprint density at radius 2 is 2.07 bits per heavy atom. The number of likely N-dealkylation sites (tertiary alicyclic amines) is 1. The molecule has 8 nitrogen and oxygen atoms in total. The Hall–Kier alpha value is -2.32. The molecule has 1 fully saturated rings. The number of aliphatic hydroxyl groups is 1. The standard InChI is InChI=1S/C20H28N6O2/c27-15-18-7-3-10-25(18)20(28)8-4-11-26-19(21-22-23-26)14-24-12-9-16-5-1-2-6-17(16)13-24/h1-2,5-6,18,27H,3-4,7-15H2/t18-/m0/s1. The number of amides is 1. The average Bonchev–Trinajstić information content (AvgIpc) is 3.37. The highest BCUT2D eigenvalue weighted by atomic mass is 16.3. The number of hydrogen-bond acceptors (Lipinski definition) is 6. The number of aryl methyl sites for hydroxylation is 1. The molecule has 1 amide bonds. The minimum Gasteiger partial charge on any atom is -0.394 e. The second-order valence-corrected chi connectivity index (χ2v) is 7.72. The number of tetrazole rings is 1. The predicted molar refractivity (Wildman–Crippen MR) is 103 cm³/mol. The van der Waals surface area contributed by atoms with Crippen molar-refractivity contribution >= 4 is 5.91 Å². The van der Waals surface area contributed by atoms with Crippen LogP contribution in [-0.2, 0) is 30.8 Å². The first-order valence-corrected chi connectivity index (χ1v) is 10.2. The monoisotopic (exact) mass is 384 g/mol. The van der Waals surface area contributed by atoms with Gasteiger partial charge in [0.2, 0.25) is 5.91 Å². The molecular formula is C20H28N6O2. The molecular weight excluding hydrogens is 356 g/mol. The molecule has 0 saturated carbocycles.